The van der Waals surface area contributed by atoms with Gasteiger partial charge in [-0.25, -0.2) is 0 Å². The normalized spacial score (nSPS) is 17.8. The monoisotopic (exact) mass is 262 g/mol. The lowest BCUT2D eigenvalue weighted by Crippen LogP contribution is -2.32. The van der Waals surface area contributed by atoms with Crippen LogP contribution in [0.4, 0.5) is 0 Å². The Hall–Kier alpha value is -1.12. The van der Waals surface area contributed by atoms with E-state index in [4.69, 9.17) is 4.74 Å². The number of rotatable bonds is 7. The standard InChI is InChI=1S/C17H26O2/c1-6-15(13(4)16(18)12(2)3)17(19-5)14-10-8-7-9-11-14/h6-13,15-18H,1H2,2-5H3/t13-,15+,16+,17-/m1/s1. The second-order valence-corrected chi connectivity index (χ2v) is 5.47. The maximum atomic E-state index is 10.3. The molecule has 0 aliphatic heterocycles. The summed E-state index contributed by atoms with van der Waals surface area (Å²) in [6, 6.07) is 10.1. The van der Waals surface area contributed by atoms with Crippen molar-refractivity contribution >= 4 is 0 Å². The van der Waals surface area contributed by atoms with Crippen molar-refractivity contribution in [1.29, 1.82) is 0 Å². The Kier molecular flexibility index (Phi) is 6.26. The molecule has 2 heteroatoms. The summed E-state index contributed by atoms with van der Waals surface area (Å²) in [7, 11) is 1.71. The minimum absolute atomic E-state index is 0.0675. The third kappa shape index (κ3) is 3.92. The zero-order chi connectivity index (χ0) is 14.4. The first-order valence-corrected chi connectivity index (χ1v) is 6.91. The molecule has 0 fully saturated rings. The Bertz CT molecular complexity index is 372. The Morgan fingerprint density at radius 2 is 1.74 bits per heavy atom. The van der Waals surface area contributed by atoms with Crippen molar-refractivity contribution in [3.8, 4) is 0 Å². The number of aliphatic hydroxyl groups excluding tert-OH is 1. The third-order valence-electron chi connectivity index (χ3n) is 3.83. The summed E-state index contributed by atoms with van der Waals surface area (Å²) < 4.78 is 5.66. The zero-order valence-electron chi connectivity index (χ0n) is 12.4. The summed E-state index contributed by atoms with van der Waals surface area (Å²) in [5, 5.41) is 10.3. The zero-order valence-corrected chi connectivity index (χ0v) is 12.4. The molecule has 1 aromatic carbocycles. The van der Waals surface area contributed by atoms with Gasteiger partial charge in [0.25, 0.3) is 0 Å². The average Bonchev–Trinajstić information content (AvgIpc) is 2.43. The van der Waals surface area contributed by atoms with E-state index in [1.54, 1.807) is 7.11 Å². The lowest BCUT2D eigenvalue weighted by Gasteiger charge is -2.33. The molecule has 0 saturated carbocycles. The second kappa shape index (κ2) is 7.46. The van der Waals surface area contributed by atoms with Crippen LogP contribution in [0, 0.1) is 17.8 Å². The van der Waals surface area contributed by atoms with Crippen LogP contribution in [0.2, 0.25) is 0 Å². The molecular formula is C17H26O2. The topological polar surface area (TPSA) is 29.5 Å². The van der Waals surface area contributed by atoms with Gasteiger partial charge in [0.05, 0.1) is 12.2 Å². The fourth-order valence-electron chi connectivity index (χ4n) is 2.61. The molecule has 1 N–H and O–H groups in total. The van der Waals surface area contributed by atoms with Crippen molar-refractivity contribution < 1.29 is 9.84 Å². The first-order valence-electron chi connectivity index (χ1n) is 6.91. The number of hydrogen-bond donors (Lipinski definition) is 1. The quantitative estimate of drug-likeness (QED) is 0.757. The molecule has 0 bridgehead atoms. The van der Waals surface area contributed by atoms with Crippen LogP contribution in [-0.2, 0) is 4.74 Å². The van der Waals surface area contributed by atoms with E-state index >= 15 is 0 Å². The van der Waals surface area contributed by atoms with Crippen molar-refractivity contribution in [2.75, 3.05) is 7.11 Å². The Balaban J connectivity index is 2.96. The van der Waals surface area contributed by atoms with Crippen LogP contribution in [0.1, 0.15) is 32.4 Å². The van der Waals surface area contributed by atoms with Crippen LogP contribution >= 0.6 is 0 Å². The van der Waals surface area contributed by atoms with Crippen LogP contribution < -0.4 is 0 Å². The maximum Gasteiger partial charge on any atom is 0.0887 e. The fourth-order valence-corrected chi connectivity index (χ4v) is 2.61. The molecule has 2 nitrogen and oxygen atoms in total. The van der Waals surface area contributed by atoms with Crippen molar-refractivity contribution in [3.05, 3.63) is 48.6 Å². The third-order valence-corrected chi connectivity index (χ3v) is 3.83. The summed E-state index contributed by atoms with van der Waals surface area (Å²) in [5.41, 5.74) is 1.12. The summed E-state index contributed by atoms with van der Waals surface area (Å²) in [6.07, 6.45) is 1.48. The van der Waals surface area contributed by atoms with Gasteiger partial charge >= 0.3 is 0 Å². The molecule has 0 heterocycles. The van der Waals surface area contributed by atoms with E-state index < -0.39 is 0 Å². The minimum Gasteiger partial charge on any atom is -0.393 e. The van der Waals surface area contributed by atoms with Gasteiger partial charge < -0.3 is 9.84 Å². The highest BCUT2D eigenvalue weighted by Crippen LogP contribution is 2.34. The highest BCUT2D eigenvalue weighted by Gasteiger charge is 2.31. The van der Waals surface area contributed by atoms with Gasteiger partial charge in [0.2, 0.25) is 0 Å². The van der Waals surface area contributed by atoms with Gasteiger partial charge in [0.1, 0.15) is 0 Å². The van der Waals surface area contributed by atoms with Crippen molar-refractivity contribution in [1.82, 2.24) is 0 Å². The van der Waals surface area contributed by atoms with Gasteiger partial charge in [0, 0.05) is 13.0 Å². The average molecular weight is 262 g/mol. The van der Waals surface area contributed by atoms with Gasteiger partial charge in [-0.15, -0.1) is 6.58 Å². The highest BCUT2D eigenvalue weighted by molar-refractivity contribution is 5.20. The predicted molar refractivity (Wildman–Crippen MR) is 79.9 cm³/mol. The molecule has 0 amide bonds. The first-order chi connectivity index (χ1) is 9.02. The van der Waals surface area contributed by atoms with Gasteiger partial charge in [-0.2, -0.15) is 0 Å². The lowest BCUT2D eigenvalue weighted by atomic mass is 9.79. The van der Waals surface area contributed by atoms with E-state index in [1.807, 2.05) is 38.1 Å². The second-order valence-electron chi connectivity index (χ2n) is 5.47. The van der Waals surface area contributed by atoms with Gasteiger partial charge in [-0.05, 0) is 17.4 Å². The summed E-state index contributed by atoms with van der Waals surface area (Å²) >= 11 is 0. The van der Waals surface area contributed by atoms with Crippen molar-refractivity contribution in [2.45, 2.75) is 33.0 Å². The van der Waals surface area contributed by atoms with E-state index in [-0.39, 0.29) is 30.0 Å². The molecule has 1 rings (SSSR count). The van der Waals surface area contributed by atoms with Gasteiger partial charge in [-0.1, -0.05) is 57.2 Å². The molecule has 0 aliphatic rings. The van der Waals surface area contributed by atoms with Gasteiger partial charge in [0.15, 0.2) is 0 Å². The summed E-state index contributed by atoms with van der Waals surface area (Å²) in [5.74, 6) is 0.415. The molecule has 0 radical (unpaired) electrons. The number of hydrogen-bond acceptors (Lipinski definition) is 2. The summed E-state index contributed by atoms with van der Waals surface area (Å²) in [6.45, 7) is 10.1. The number of aliphatic hydroxyl groups is 1. The summed E-state index contributed by atoms with van der Waals surface area (Å²) in [4.78, 5) is 0. The van der Waals surface area contributed by atoms with Crippen LogP contribution in [-0.4, -0.2) is 18.3 Å². The molecule has 0 saturated heterocycles. The number of benzene rings is 1. The van der Waals surface area contributed by atoms with Crippen molar-refractivity contribution in [3.63, 3.8) is 0 Å². The molecule has 4 atom stereocenters. The minimum atomic E-state index is -0.357. The van der Waals surface area contributed by atoms with E-state index in [2.05, 4.69) is 25.6 Å². The SMILES string of the molecule is C=C[C@@H]([C@@H](C)[C@@H](O)C(C)C)[C@H](OC)c1ccccc1. The van der Waals surface area contributed by atoms with E-state index in [9.17, 15) is 5.11 Å². The van der Waals surface area contributed by atoms with E-state index in [0.717, 1.165) is 5.56 Å². The molecule has 106 valence electrons. The van der Waals surface area contributed by atoms with Crippen LogP contribution in [0.3, 0.4) is 0 Å². The van der Waals surface area contributed by atoms with Crippen LogP contribution in [0.5, 0.6) is 0 Å². The molecule has 0 aliphatic carbocycles. The molecular weight excluding hydrogens is 236 g/mol. The maximum absolute atomic E-state index is 10.3. The smallest absolute Gasteiger partial charge is 0.0887 e. The molecule has 1 aromatic rings. The largest absolute Gasteiger partial charge is 0.393 e. The fraction of sp³-hybridized carbons (Fsp3) is 0.529. The Morgan fingerprint density at radius 3 is 2.16 bits per heavy atom. The first kappa shape index (κ1) is 15.9. The number of methoxy groups -OCH3 is 1. The highest BCUT2D eigenvalue weighted by atomic mass is 16.5. The van der Waals surface area contributed by atoms with E-state index in [1.165, 1.54) is 0 Å². The molecule has 0 spiro atoms. The van der Waals surface area contributed by atoms with E-state index in [0.29, 0.717) is 0 Å². The number of ether oxygens (including phenoxy) is 1. The Morgan fingerprint density at radius 1 is 1.16 bits per heavy atom. The van der Waals surface area contributed by atoms with Crippen LogP contribution in [0.15, 0.2) is 43.0 Å². The predicted octanol–water partition coefficient (Wildman–Crippen LogP) is 3.83. The molecule has 0 unspecified atom stereocenters. The van der Waals surface area contributed by atoms with Crippen molar-refractivity contribution in [2.24, 2.45) is 17.8 Å². The molecule has 19 heavy (non-hydrogen) atoms. The van der Waals surface area contributed by atoms with Crippen LogP contribution in [0.25, 0.3) is 0 Å². The van der Waals surface area contributed by atoms with Gasteiger partial charge in [-0.3, -0.25) is 0 Å². The molecule has 0 aromatic heterocycles. The lowest BCUT2D eigenvalue weighted by molar-refractivity contribution is -0.00742. The Labute approximate surface area is 117 Å².